The van der Waals surface area contributed by atoms with Crippen LogP contribution in [0.1, 0.15) is 18.4 Å². The summed E-state index contributed by atoms with van der Waals surface area (Å²) in [5.74, 6) is 2.29. The molecule has 17 heavy (non-hydrogen) atoms. The van der Waals surface area contributed by atoms with Crippen LogP contribution in [0.25, 0.3) is 0 Å². The zero-order chi connectivity index (χ0) is 12.1. The second-order valence-electron chi connectivity index (χ2n) is 4.15. The molecule has 1 saturated heterocycles. The van der Waals surface area contributed by atoms with Crippen molar-refractivity contribution in [3.05, 3.63) is 29.8 Å². The van der Waals surface area contributed by atoms with E-state index in [1.54, 1.807) is 0 Å². The molecule has 0 spiro atoms. The number of benzene rings is 1. The van der Waals surface area contributed by atoms with Gasteiger partial charge in [0, 0.05) is 0 Å². The van der Waals surface area contributed by atoms with Crippen molar-refractivity contribution in [2.24, 2.45) is 0 Å². The molecular formula is C13H16O3S. The zero-order valence-corrected chi connectivity index (χ0v) is 10.4. The van der Waals surface area contributed by atoms with Crippen molar-refractivity contribution < 1.29 is 14.6 Å². The molecule has 1 heterocycles. The molecule has 1 fully saturated rings. The Labute approximate surface area is 105 Å². The van der Waals surface area contributed by atoms with Gasteiger partial charge in [0.25, 0.3) is 0 Å². The maximum atomic E-state index is 10.6. The fourth-order valence-electron chi connectivity index (χ4n) is 1.89. The summed E-state index contributed by atoms with van der Waals surface area (Å²) in [5, 5.41) is 8.74. The minimum atomic E-state index is -0.809. The van der Waals surface area contributed by atoms with Gasteiger partial charge in [-0.05, 0) is 42.0 Å². The zero-order valence-electron chi connectivity index (χ0n) is 9.59. The van der Waals surface area contributed by atoms with E-state index in [2.05, 4.69) is 0 Å². The van der Waals surface area contributed by atoms with Gasteiger partial charge in [0.05, 0.1) is 6.42 Å². The first-order valence-electron chi connectivity index (χ1n) is 5.79. The van der Waals surface area contributed by atoms with E-state index >= 15 is 0 Å². The summed E-state index contributed by atoms with van der Waals surface area (Å²) in [6.07, 6.45) is 2.50. The van der Waals surface area contributed by atoms with Crippen LogP contribution in [-0.4, -0.2) is 28.7 Å². The third-order valence-corrected chi connectivity index (χ3v) is 3.77. The topological polar surface area (TPSA) is 46.5 Å². The number of thioether (sulfide) groups is 1. The Balaban J connectivity index is 1.97. The summed E-state index contributed by atoms with van der Waals surface area (Å²) >= 11 is 1.96. The molecule has 0 aromatic heterocycles. The Hall–Kier alpha value is -1.16. The van der Waals surface area contributed by atoms with Crippen molar-refractivity contribution in [1.82, 2.24) is 0 Å². The number of hydrogen-bond acceptors (Lipinski definition) is 3. The number of carbonyl (C=O) groups is 1. The van der Waals surface area contributed by atoms with E-state index in [-0.39, 0.29) is 12.5 Å². The van der Waals surface area contributed by atoms with Gasteiger partial charge in [-0.1, -0.05) is 12.1 Å². The molecule has 3 nitrogen and oxygen atoms in total. The number of aliphatic carboxylic acids is 1. The van der Waals surface area contributed by atoms with Gasteiger partial charge in [-0.15, -0.1) is 0 Å². The molecule has 92 valence electrons. The Morgan fingerprint density at radius 1 is 1.41 bits per heavy atom. The van der Waals surface area contributed by atoms with Crippen LogP contribution in [0.2, 0.25) is 0 Å². The molecule has 4 heteroatoms. The number of hydrogen-bond donors (Lipinski definition) is 1. The van der Waals surface area contributed by atoms with Gasteiger partial charge in [-0.2, -0.15) is 11.8 Å². The summed E-state index contributed by atoms with van der Waals surface area (Å²) in [7, 11) is 0. The van der Waals surface area contributed by atoms with Crippen molar-refractivity contribution in [3.63, 3.8) is 0 Å². The molecule has 1 aliphatic rings. The normalized spacial score (nSPS) is 16.7. The lowest BCUT2D eigenvalue weighted by molar-refractivity contribution is -0.136. The van der Waals surface area contributed by atoms with E-state index in [0.717, 1.165) is 35.7 Å². The van der Waals surface area contributed by atoms with E-state index in [0.29, 0.717) is 0 Å². The molecule has 0 radical (unpaired) electrons. The van der Waals surface area contributed by atoms with Crippen LogP contribution >= 0.6 is 11.8 Å². The van der Waals surface area contributed by atoms with Gasteiger partial charge < -0.3 is 9.84 Å². The molecule has 0 bridgehead atoms. The molecule has 0 amide bonds. The third-order valence-electron chi connectivity index (χ3n) is 2.72. The lowest BCUT2D eigenvalue weighted by Crippen LogP contribution is -2.22. The first-order chi connectivity index (χ1) is 8.24. The molecule has 1 aromatic carbocycles. The van der Waals surface area contributed by atoms with E-state index in [4.69, 9.17) is 9.84 Å². The van der Waals surface area contributed by atoms with Crippen molar-refractivity contribution in [3.8, 4) is 5.75 Å². The fourth-order valence-corrected chi connectivity index (χ4v) is 2.95. The van der Waals surface area contributed by atoms with Gasteiger partial charge in [0.2, 0.25) is 0 Å². The average Bonchev–Trinajstić information content (AvgIpc) is 2.30. The SMILES string of the molecule is O=C(O)Cc1cccc(OC2CCSCC2)c1. The summed E-state index contributed by atoms with van der Waals surface area (Å²) < 4.78 is 5.87. The monoisotopic (exact) mass is 252 g/mol. The van der Waals surface area contributed by atoms with Crippen LogP contribution in [0.4, 0.5) is 0 Å². The first-order valence-corrected chi connectivity index (χ1v) is 6.94. The van der Waals surface area contributed by atoms with Crippen LogP contribution in [0.15, 0.2) is 24.3 Å². The highest BCUT2D eigenvalue weighted by Crippen LogP contribution is 2.23. The summed E-state index contributed by atoms with van der Waals surface area (Å²) in [5.41, 5.74) is 0.792. The first kappa shape index (κ1) is 12.3. The molecular weight excluding hydrogens is 236 g/mol. The number of ether oxygens (including phenoxy) is 1. The van der Waals surface area contributed by atoms with Crippen LogP contribution < -0.4 is 4.74 Å². The molecule has 0 aliphatic carbocycles. The van der Waals surface area contributed by atoms with Crippen molar-refractivity contribution in [2.45, 2.75) is 25.4 Å². The number of carboxylic acids is 1. The molecule has 1 aromatic rings. The molecule has 2 rings (SSSR count). The highest BCUT2D eigenvalue weighted by atomic mass is 32.2. The van der Waals surface area contributed by atoms with E-state index in [9.17, 15) is 4.79 Å². The van der Waals surface area contributed by atoms with Gasteiger partial charge in [0.1, 0.15) is 11.9 Å². The van der Waals surface area contributed by atoms with Crippen molar-refractivity contribution in [1.29, 1.82) is 0 Å². The van der Waals surface area contributed by atoms with Crippen LogP contribution in [0.3, 0.4) is 0 Å². The van der Waals surface area contributed by atoms with Gasteiger partial charge in [-0.3, -0.25) is 4.79 Å². The Morgan fingerprint density at radius 3 is 2.88 bits per heavy atom. The largest absolute Gasteiger partial charge is 0.490 e. The highest BCUT2D eigenvalue weighted by molar-refractivity contribution is 7.99. The summed E-state index contributed by atoms with van der Waals surface area (Å²) in [6.45, 7) is 0. The number of rotatable bonds is 4. The van der Waals surface area contributed by atoms with Gasteiger partial charge >= 0.3 is 5.97 Å². The second-order valence-corrected chi connectivity index (χ2v) is 5.37. The lowest BCUT2D eigenvalue weighted by Gasteiger charge is -2.22. The quantitative estimate of drug-likeness (QED) is 0.894. The maximum Gasteiger partial charge on any atom is 0.307 e. The van der Waals surface area contributed by atoms with Crippen LogP contribution in [-0.2, 0) is 11.2 Å². The Bertz CT molecular complexity index is 386. The van der Waals surface area contributed by atoms with Crippen LogP contribution in [0, 0.1) is 0 Å². The molecule has 0 atom stereocenters. The minimum Gasteiger partial charge on any atom is -0.490 e. The van der Waals surface area contributed by atoms with Gasteiger partial charge in [0.15, 0.2) is 0 Å². The number of carboxylic acid groups (broad SMARTS) is 1. The predicted octanol–water partition coefficient (Wildman–Crippen LogP) is 2.59. The van der Waals surface area contributed by atoms with E-state index in [1.165, 1.54) is 0 Å². The standard InChI is InChI=1S/C13H16O3S/c14-13(15)9-10-2-1-3-12(8-10)16-11-4-6-17-7-5-11/h1-3,8,11H,4-7,9H2,(H,14,15). The Morgan fingerprint density at radius 2 is 2.18 bits per heavy atom. The lowest BCUT2D eigenvalue weighted by atomic mass is 10.1. The van der Waals surface area contributed by atoms with Crippen LogP contribution in [0.5, 0.6) is 5.75 Å². The highest BCUT2D eigenvalue weighted by Gasteiger charge is 2.15. The van der Waals surface area contributed by atoms with Crippen molar-refractivity contribution >= 4 is 17.7 Å². The maximum absolute atomic E-state index is 10.6. The smallest absolute Gasteiger partial charge is 0.307 e. The molecule has 1 N–H and O–H groups in total. The fraction of sp³-hybridized carbons (Fsp3) is 0.462. The van der Waals surface area contributed by atoms with Crippen molar-refractivity contribution in [2.75, 3.05) is 11.5 Å². The average molecular weight is 252 g/mol. The Kier molecular flexibility index (Phi) is 4.31. The minimum absolute atomic E-state index is 0.0533. The van der Waals surface area contributed by atoms with E-state index in [1.807, 2.05) is 36.0 Å². The third kappa shape index (κ3) is 3.97. The summed E-state index contributed by atoms with van der Waals surface area (Å²) in [6, 6.07) is 7.39. The van der Waals surface area contributed by atoms with E-state index < -0.39 is 5.97 Å². The van der Waals surface area contributed by atoms with Gasteiger partial charge in [-0.25, -0.2) is 0 Å². The molecule has 0 unspecified atom stereocenters. The molecule has 1 aliphatic heterocycles. The predicted molar refractivity (Wildman–Crippen MR) is 68.8 cm³/mol. The summed E-state index contributed by atoms with van der Waals surface area (Å²) in [4.78, 5) is 10.6. The molecule has 0 saturated carbocycles. The second kappa shape index (κ2) is 5.96.